The third-order valence-electron chi connectivity index (χ3n) is 5.21. The van der Waals surface area contributed by atoms with Gasteiger partial charge in [-0.25, -0.2) is 4.39 Å². The summed E-state index contributed by atoms with van der Waals surface area (Å²) in [6, 6.07) is 6.78. The number of carbonyl (C=O) groups excluding carboxylic acids is 1. The minimum absolute atomic E-state index is 0.0314. The number of nitrogens with zero attached hydrogens (tertiary/aromatic N) is 1. The molecule has 1 N–H and O–H groups in total. The Bertz CT molecular complexity index is 588. The number of benzene rings is 1. The molecule has 1 aromatic rings. The highest BCUT2D eigenvalue weighted by Crippen LogP contribution is 2.39. The molecule has 2 fully saturated rings. The van der Waals surface area contributed by atoms with Crippen LogP contribution in [0, 0.1) is 5.82 Å². The maximum atomic E-state index is 13.3. The van der Waals surface area contributed by atoms with E-state index in [0.717, 1.165) is 50.9 Å². The summed E-state index contributed by atoms with van der Waals surface area (Å²) < 4.78 is 24.4. The number of amides is 1. The molecule has 1 aromatic carbocycles. The Balaban J connectivity index is 1.46. The molecule has 2 heterocycles. The van der Waals surface area contributed by atoms with E-state index in [0.29, 0.717) is 13.2 Å². The number of likely N-dealkylation sites (tertiary alicyclic amines) is 1. The third-order valence-corrected chi connectivity index (χ3v) is 5.21. The van der Waals surface area contributed by atoms with E-state index in [1.54, 1.807) is 19.2 Å². The molecule has 6 heteroatoms. The molecule has 2 aliphatic rings. The molecule has 3 rings (SSSR count). The van der Waals surface area contributed by atoms with Crippen LogP contribution < -0.4 is 5.32 Å². The molecular weight excluding hydrogens is 323 g/mol. The number of rotatable bonds is 6. The molecule has 1 atom stereocenters. The number of hydrogen-bond acceptors (Lipinski definition) is 4. The van der Waals surface area contributed by atoms with Crippen molar-refractivity contribution in [2.75, 3.05) is 33.4 Å². The van der Waals surface area contributed by atoms with Crippen LogP contribution >= 0.6 is 0 Å². The fourth-order valence-electron chi connectivity index (χ4n) is 3.77. The fraction of sp³-hybridized carbons (Fsp3) is 0.632. The van der Waals surface area contributed by atoms with Gasteiger partial charge >= 0.3 is 0 Å². The maximum Gasteiger partial charge on any atom is 0.249 e. The molecule has 25 heavy (non-hydrogen) atoms. The van der Waals surface area contributed by atoms with Crippen LogP contribution in [0.1, 0.15) is 31.2 Å². The summed E-state index contributed by atoms with van der Waals surface area (Å²) in [5, 5.41) is 2.86. The Morgan fingerprint density at radius 1 is 1.40 bits per heavy atom. The smallest absolute Gasteiger partial charge is 0.249 e. The average molecular weight is 350 g/mol. The quantitative estimate of drug-likeness (QED) is 0.799. The van der Waals surface area contributed by atoms with Crippen LogP contribution in [0.4, 0.5) is 4.39 Å². The van der Waals surface area contributed by atoms with Crippen LogP contribution in [0.5, 0.6) is 0 Å². The van der Waals surface area contributed by atoms with Crippen molar-refractivity contribution in [3.05, 3.63) is 35.6 Å². The number of ether oxygens (including phenoxy) is 2. The normalized spacial score (nSPS) is 23.0. The lowest BCUT2D eigenvalue weighted by atomic mass is 9.88. The predicted octanol–water partition coefficient (Wildman–Crippen LogP) is 2.10. The van der Waals surface area contributed by atoms with Crippen LogP contribution in [0.2, 0.25) is 0 Å². The van der Waals surface area contributed by atoms with Gasteiger partial charge in [-0.15, -0.1) is 0 Å². The van der Waals surface area contributed by atoms with E-state index in [2.05, 4.69) is 10.2 Å². The molecule has 0 saturated carbocycles. The highest BCUT2D eigenvalue weighted by molar-refractivity contribution is 5.81. The number of hydrogen-bond donors (Lipinski definition) is 1. The molecule has 0 bridgehead atoms. The largest absolute Gasteiger partial charge is 0.383 e. The summed E-state index contributed by atoms with van der Waals surface area (Å²) in [5.74, 6) is -0.219. The summed E-state index contributed by atoms with van der Waals surface area (Å²) in [4.78, 5) is 14.5. The Morgan fingerprint density at radius 3 is 2.92 bits per heavy atom. The lowest BCUT2D eigenvalue weighted by molar-refractivity contribution is -0.141. The Labute approximate surface area is 148 Å². The Hall–Kier alpha value is -1.50. The van der Waals surface area contributed by atoms with Crippen molar-refractivity contribution in [1.82, 2.24) is 10.2 Å². The van der Waals surface area contributed by atoms with Gasteiger partial charge in [-0.3, -0.25) is 9.69 Å². The van der Waals surface area contributed by atoms with Crippen LogP contribution in [0.15, 0.2) is 24.3 Å². The standard InChI is InChI=1S/C19H27FN2O3/c1-24-12-9-21-18(23)17-5-6-19(25-17)7-10-22(11-8-19)14-15-3-2-4-16(20)13-15/h2-4,13,17H,5-12,14H2,1H3,(H,21,23). The van der Waals surface area contributed by atoms with Crippen LogP contribution in [-0.4, -0.2) is 55.9 Å². The first kappa shape index (κ1) is 18.3. The van der Waals surface area contributed by atoms with Gasteiger partial charge in [-0.1, -0.05) is 12.1 Å². The molecule has 0 aromatic heterocycles. The van der Waals surface area contributed by atoms with Gasteiger partial charge in [-0.05, 0) is 43.4 Å². The van der Waals surface area contributed by atoms with Crippen LogP contribution in [0.3, 0.4) is 0 Å². The Morgan fingerprint density at radius 2 is 2.20 bits per heavy atom. The van der Waals surface area contributed by atoms with Gasteiger partial charge in [0.15, 0.2) is 0 Å². The first-order chi connectivity index (χ1) is 12.1. The predicted molar refractivity (Wildman–Crippen MR) is 92.6 cm³/mol. The number of nitrogens with one attached hydrogen (secondary N) is 1. The molecule has 1 amide bonds. The molecule has 0 aliphatic carbocycles. The van der Waals surface area contributed by atoms with Crippen molar-refractivity contribution in [3.8, 4) is 0 Å². The van der Waals surface area contributed by atoms with Crippen molar-refractivity contribution < 1.29 is 18.7 Å². The first-order valence-electron chi connectivity index (χ1n) is 9.01. The number of carbonyl (C=O) groups is 1. The van der Waals surface area contributed by atoms with Gasteiger partial charge in [0.25, 0.3) is 0 Å². The molecule has 2 saturated heterocycles. The van der Waals surface area contributed by atoms with Crippen molar-refractivity contribution in [3.63, 3.8) is 0 Å². The zero-order chi connectivity index (χ0) is 17.7. The summed E-state index contributed by atoms with van der Waals surface area (Å²) in [5.41, 5.74) is 0.834. The third kappa shape index (κ3) is 4.77. The average Bonchev–Trinajstić information content (AvgIpc) is 3.01. The van der Waals surface area contributed by atoms with E-state index in [-0.39, 0.29) is 23.4 Å². The van der Waals surface area contributed by atoms with E-state index in [9.17, 15) is 9.18 Å². The SMILES string of the molecule is COCCNC(=O)C1CCC2(CCN(Cc3cccc(F)c3)CC2)O1. The summed E-state index contributed by atoms with van der Waals surface area (Å²) >= 11 is 0. The minimum Gasteiger partial charge on any atom is -0.383 e. The molecular formula is C19H27FN2O3. The summed E-state index contributed by atoms with van der Waals surface area (Å²) in [6.45, 7) is 3.61. The van der Waals surface area contributed by atoms with Crippen LogP contribution in [0.25, 0.3) is 0 Å². The molecule has 2 aliphatic heterocycles. The van der Waals surface area contributed by atoms with Crippen molar-refractivity contribution in [2.45, 2.75) is 43.9 Å². The highest BCUT2D eigenvalue weighted by atomic mass is 19.1. The van der Waals surface area contributed by atoms with Gasteiger partial charge in [0.05, 0.1) is 12.2 Å². The van der Waals surface area contributed by atoms with E-state index in [1.807, 2.05) is 6.07 Å². The van der Waals surface area contributed by atoms with E-state index in [4.69, 9.17) is 9.47 Å². The maximum absolute atomic E-state index is 13.3. The van der Waals surface area contributed by atoms with Gasteiger partial charge < -0.3 is 14.8 Å². The molecule has 0 radical (unpaired) electrons. The number of halogens is 1. The fourth-order valence-corrected chi connectivity index (χ4v) is 3.77. The molecule has 5 nitrogen and oxygen atoms in total. The number of piperidine rings is 1. The van der Waals surface area contributed by atoms with Gasteiger partial charge in [0.1, 0.15) is 11.9 Å². The molecule has 138 valence electrons. The zero-order valence-electron chi connectivity index (χ0n) is 14.8. The number of methoxy groups -OCH3 is 1. The minimum atomic E-state index is -0.341. The highest BCUT2D eigenvalue weighted by Gasteiger charge is 2.44. The second-order valence-corrected chi connectivity index (χ2v) is 7.02. The van der Waals surface area contributed by atoms with E-state index < -0.39 is 0 Å². The van der Waals surface area contributed by atoms with Gasteiger partial charge in [-0.2, -0.15) is 0 Å². The lowest BCUT2D eigenvalue weighted by Crippen LogP contribution is -2.45. The molecule has 1 spiro atoms. The summed E-state index contributed by atoms with van der Waals surface area (Å²) in [7, 11) is 1.62. The topological polar surface area (TPSA) is 50.8 Å². The Kier molecular flexibility index (Phi) is 6.04. The second-order valence-electron chi connectivity index (χ2n) is 7.02. The van der Waals surface area contributed by atoms with Crippen LogP contribution in [-0.2, 0) is 20.8 Å². The van der Waals surface area contributed by atoms with Gasteiger partial charge in [0, 0.05) is 33.3 Å². The van der Waals surface area contributed by atoms with Gasteiger partial charge in [0.2, 0.25) is 5.91 Å². The van der Waals surface area contributed by atoms with Crippen molar-refractivity contribution in [1.29, 1.82) is 0 Å². The zero-order valence-corrected chi connectivity index (χ0v) is 14.8. The lowest BCUT2D eigenvalue weighted by Gasteiger charge is -2.39. The van der Waals surface area contributed by atoms with Crippen molar-refractivity contribution in [2.24, 2.45) is 0 Å². The van der Waals surface area contributed by atoms with E-state index >= 15 is 0 Å². The summed E-state index contributed by atoms with van der Waals surface area (Å²) in [6.07, 6.45) is 3.21. The first-order valence-corrected chi connectivity index (χ1v) is 9.01. The second kappa shape index (κ2) is 8.25. The monoisotopic (exact) mass is 350 g/mol. The van der Waals surface area contributed by atoms with Crippen molar-refractivity contribution >= 4 is 5.91 Å². The van der Waals surface area contributed by atoms with E-state index in [1.165, 1.54) is 6.07 Å². The molecule has 1 unspecified atom stereocenters.